The van der Waals surface area contributed by atoms with Gasteiger partial charge in [-0.3, -0.25) is 4.79 Å². The molecule has 5 aliphatic rings. The molecule has 3 fully saturated rings. The lowest BCUT2D eigenvalue weighted by molar-refractivity contribution is -0.147. The normalized spacial score (nSPS) is 44.0. The van der Waals surface area contributed by atoms with Crippen LogP contribution in [0.3, 0.4) is 0 Å². The van der Waals surface area contributed by atoms with Crippen molar-refractivity contribution in [3.8, 4) is 0 Å². The molecular formula is C25H38O3Si. The van der Waals surface area contributed by atoms with Crippen LogP contribution in [-0.4, -0.2) is 31.4 Å². The summed E-state index contributed by atoms with van der Waals surface area (Å²) in [5, 5.41) is 0.230. The van der Waals surface area contributed by atoms with E-state index in [0.717, 1.165) is 44.1 Å². The molecule has 3 nitrogen and oxygen atoms in total. The Labute approximate surface area is 177 Å². The Bertz CT molecular complexity index is 818. The van der Waals surface area contributed by atoms with Crippen LogP contribution < -0.4 is 0 Å². The fourth-order valence-electron chi connectivity index (χ4n) is 6.93. The van der Waals surface area contributed by atoms with Crippen molar-refractivity contribution in [3.05, 3.63) is 23.3 Å². The largest absolute Gasteiger partial charge is 0.413 e. The van der Waals surface area contributed by atoms with Gasteiger partial charge in [0.25, 0.3) is 0 Å². The highest BCUT2D eigenvalue weighted by atomic mass is 28.4. The van der Waals surface area contributed by atoms with Crippen LogP contribution in [0.25, 0.3) is 0 Å². The van der Waals surface area contributed by atoms with E-state index in [1.807, 2.05) is 0 Å². The number of carbonyl (C=O) groups excluding carboxylic acids is 1. The van der Waals surface area contributed by atoms with E-state index in [0.29, 0.717) is 24.2 Å². The van der Waals surface area contributed by atoms with Gasteiger partial charge in [-0.1, -0.05) is 33.8 Å². The molecule has 5 atom stereocenters. The summed E-state index contributed by atoms with van der Waals surface area (Å²) in [6, 6.07) is 0. The first-order valence-corrected chi connectivity index (χ1v) is 14.7. The zero-order chi connectivity index (χ0) is 20.9. The SMILES string of the molecule is CC(C)(C)[Si](C)(C)O[C@H]1CC[C@@H]2[C@]1(C)CC=C1C=C3C(=O)CCC[C@]34CC[C@@]12O4. The summed E-state index contributed by atoms with van der Waals surface area (Å²) in [6.45, 7) is 14.2. The van der Waals surface area contributed by atoms with Crippen molar-refractivity contribution in [1.82, 2.24) is 0 Å². The summed E-state index contributed by atoms with van der Waals surface area (Å²) in [7, 11) is -1.82. The summed E-state index contributed by atoms with van der Waals surface area (Å²) in [4.78, 5) is 12.7. The van der Waals surface area contributed by atoms with Crippen LogP contribution in [0.2, 0.25) is 18.1 Å². The number of allylic oxidation sites excluding steroid dienone is 1. The van der Waals surface area contributed by atoms with Crippen LogP contribution in [0.4, 0.5) is 0 Å². The molecule has 29 heavy (non-hydrogen) atoms. The van der Waals surface area contributed by atoms with Crippen LogP contribution in [0, 0.1) is 11.3 Å². The van der Waals surface area contributed by atoms with E-state index >= 15 is 0 Å². The predicted octanol–water partition coefficient (Wildman–Crippen LogP) is 6.10. The maximum Gasteiger partial charge on any atom is 0.192 e. The maximum absolute atomic E-state index is 12.7. The second-order valence-corrected chi connectivity index (χ2v) is 16.9. The lowest BCUT2D eigenvalue weighted by Gasteiger charge is -2.54. The molecule has 1 saturated heterocycles. The summed E-state index contributed by atoms with van der Waals surface area (Å²) < 4.78 is 14.1. The molecule has 2 bridgehead atoms. The molecule has 0 amide bonds. The summed E-state index contributed by atoms with van der Waals surface area (Å²) in [5.41, 5.74) is 1.96. The van der Waals surface area contributed by atoms with E-state index in [1.165, 1.54) is 12.0 Å². The monoisotopic (exact) mass is 414 g/mol. The maximum atomic E-state index is 12.7. The van der Waals surface area contributed by atoms with Crippen molar-refractivity contribution in [2.24, 2.45) is 11.3 Å². The summed E-state index contributed by atoms with van der Waals surface area (Å²) in [5.74, 6) is 0.825. The van der Waals surface area contributed by atoms with Crippen molar-refractivity contribution in [2.75, 3.05) is 0 Å². The van der Waals surface area contributed by atoms with Crippen LogP contribution in [-0.2, 0) is 14.0 Å². The third-order valence-corrected chi connectivity index (χ3v) is 14.1. The predicted molar refractivity (Wildman–Crippen MR) is 118 cm³/mol. The van der Waals surface area contributed by atoms with E-state index in [2.05, 4.69) is 52.9 Å². The highest BCUT2D eigenvalue weighted by Crippen LogP contribution is 2.66. The second kappa shape index (κ2) is 5.95. The Hall–Kier alpha value is -0.713. The third kappa shape index (κ3) is 2.58. The lowest BCUT2D eigenvalue weighted by Crippen LogP contribution is -2.56. The number of ether oxygens (including phenoxy) is 1. The zero-order valence-electron chi connectivity index (χ0n) is 19.2. The Morgan fingerprint density at radius 3 is 2.66 bits per heavy atom. The standard InChI is InChI=1S/C25H38O3Si/c1-22(2,3)29(5,6)27-21-10-9-20-23(21,4)13-11-17-16-18-19(26)8-7-12-24(18)14-15-25(17,20)28-24/h11,16,20-21H,7-10,12-15H2,1-6H3/t20-,21+,23+,24+,25-/m1/s1. The topological polar surface area (TPSA) is 35.5 Å². The highest BCUT2D eigenvalue weighted by Gasteiger charge is 2.67. The molecule has 0 unspecified atom stereocenters. The number of Topliss-reactive ketones (excluding diaryl/α,β-unsaturated/α-hetero) is 1. The van der Waals surface area contributed by atoms with Gasteiger partial charge in [-0.15, -0.1) is 0 Å². The van der Waals surface area contributed by atoms with E-state index in [9.17, 15) is 4.79 Å². The number of fused-ring (bicyclic) bond motifs is 1. The number of hydrogen-bond donors (Lipinski definition) is 0. The van der Waals surface area contributed by atoms with Gasteiger partial charge in [0, 0.05) is 23.3 Å². The van der Waals surface area contributed by atoms with Crippen molar-refractivity contribution in [1.29, 1.82) is 0 Å². The number of rotatable bonds is 2. The summed E-state index contributed by atoms with van der Waals surface area (Å²) >= 11 is 0. The van der Waals surface area contributed by atoms with Gasteiger partial charge in [0.2, 0.25) is 0 Å². The number of carbonyl (C=O) groups is 1. The Balaban J connectivity index is 1.52. The first kappa shape index (κ1) is 20.2. The van der Waals surface area contributed by atoms with E-state index in [4.69, 9.17) is 9.16 Å². The minimum absolute atomic E-state index is 0.134. The summed E-state index contributed by atoms with van der Waals surface area (Å²) in [6.07, 6.45) is 13.1. The second-order valence-electron chi connectivity index (χ2n) is 12.2. The van der Waals surface area contributed by atoms with Crippen molar-refractivity contribution in [2.45, 2.75) is 114 Å². The molecule has 3 aliphatic carbocycles. The fourth-order valence-corrected chi connectivity index (χ4v) is 8.38. The van der Waals surface area contributed by atoms with Gasteiger partial charge in [0.05, 0.1) is 17.3 Å². The van der Waals surface area contributed by atoms with E-state index in [-0.39, 0.29) is 21.7 Å². The Morgan fingerprint density at radius 1 is 1.17 bits per heavy atom. The third-order valence-electron chi connectivity index (χ3n) is 9.66. The molecule has 0 aromatic heterocycles. The smallest absolute Gasteiger partial charge is 0.192 e. The first-order valence-electron chi connectivity index (χ1n) is 11.8. The molecule has 160 valence electrons. The van der Waals surface area contributed by atoms with Crippen molar-refractivity contribution in [3.63, 3.8) is 0 Å². The minimum atomic E-state index is -1.82. The highest BCUT2D eigenvalue weighted by molar-refractivity contribution is 6.74. The van der Waals surface area contributed by atoms with Crippen LogP contribution in [0.15, 0.2) is 23.3 Å². The number of hydrogen-bond acceptors (Lipinski definition) is 3. The Kier molecular flexibility index (Phi) is 4.15. The average Bonchev–Trinajstić information content (AvgIpc) is 3.10. The molecule has 5 rings (SSSR count). The van der Waals surface area contributed by atoms with Crippen molar-refractivity contribution >= 4 is 14.1 Å². The van der Waals surface area contributed by atoms with Crippen LogP contribution >= 0.6 is 0 Å². The van der Waals surface area contributed by atoms with Gasteiger partial charge in [-0.2, -0.15) is 0 Å². The molecule has 2 spiro atoms. The molecule has 0 radical (unpaired) electrons. The average molecular weight is 415 g/mol. The zero-order valence-corrected chi connectivity index (χ0v) is 20.2. The van der Waals surface area contributed by atoms with Gasteiger partial charge in [0.1, 0.15) is 0 Å². The molecule has 0 aromatic carbocycles. The van der Waals surface area contributed by atoms with Crippen LogP contribution in [0.5, 0.6) is 0 Å². The van der Waals surface area contributed by atoms with Gasteiger partial charge in [-0.25, -0.2) is 0 Å². The molecule has 0 aromatic rings. The molecule has 2 saturated carbocycles. The van der Waals surface area contributed by atoms with Gasteiger partial charge in [-0.05, 0) is 74.7 Å². The lowest BCUT2D eigenvalue weighted by atomic mass is 9.60. The number of ketones is 1. The fraction of sp³-hybridized carbons (Fsp3) is 0.800. The van der Waals surface area contributed by atoms with E-state index < -0.39 is 8.32 Å². The van der Waals surface area contributed by atoms with Gasteiger partial charge >= 0.3 is 0 Å². The molecule has 4 heteroatoms. The van der Waals surface area contributed by atoms with Crippen LogP contribution in [0.1, 0.15) is 79.1 Å². The molecule has 2 aliphatic heterocycles. The molecule has 0 N–H and O–H groups in total. The Morgan fingerprint density at radius 2 is 1.93 bits per heavy atom. The molecule has 2 heterocycles. The first-order chi connectivity index (χ1) is 13.4. The quantitative estimate of drug-likeness (QED) is 0.512. The minimum Gasteiger partial charge on any atom is -0.413 e. The van der Waals surface area contributed by atoms with Gasteiger partial charge < -0.3 is 9.16 Å². The van der Waals surface area contributed by atoms with Crippen molar-refractivity contribution < 1.29 is 14.0 Å². The molecular weight excluding hydrogens is 376 g/mol. The van der Waals surface area contributed by atoms with Gasteiger partial charge in [0.15, 0.2) is 14.1 Å². The van der Waals surface area contributed by atoms with E-state index in [1.54, 1.807) is 0 Å².